The van der Waals surface area contributed by atoms with E-state index in [4.69, 9.17) is 21.1 Å². The summed E-state index contributed by atoms with van der Waals surface area (Å²) >= 11 is 6.07. The van der Waals surface area contributed by atoms with Crippen molar-refractivity contribution < 1.29 is 24.2 Å². The van der Waals surface area contributed by atoms with E-state index in [-0.39, 0.29) is 19.1 Å². The Morgan fingerprint density at radius 3 is 2.71 bits per heavy atom. The number of amides is 1. The maximum Gasteiger partial charge on any atom is 0.313 e. The molecular weight excluding hydrogens is 334 g/mol. The Hall–Kier alpha value is -1.79. The lowest BCUT2D eigenvalue weighted by molar-refractivity contribution is -0.152. The molecule has 2 unspecified atom stereocenters. The normalized spacial score (nSPS) is 21.5. The van der Waals surface area contributed by atoms with Crippen molar-refractivity contribution in [3.8, 4) is 5.75 Å². The second-order valence-corrected chi connectivity index (χ2v) is 6.38. The van der Waals surface area contributed by atoms with Crippen LogP contribution in [0, 0.1) is 5.41 Å². The molecular formula is C17H22ClNO5. The van der Waals surface area contributed by atoms with Gasteiger partial charge in [0.25, 0.3) is 5.91 Å². The second kappa shape index (κ2) is 7.85. The first kappa shape index (κ1) is 18.5. The number of likely N-dealkylation sites (tertiary alicyclic amines) is 1. The smallest absolute Gasteiger partial charge is 0.313 e. The molecule has 0 bridgehead atoms. The van der Waals surface area contributed by atoms with Crippen LogP contribution in [0.5, 0.6) is 5.75 Å². The molecule has 1 heterocycles. The number of aliphatic carboxylic acids is 1. The van der Waals surface area contributed by atoms with Gasteiger partial charge in [-0.25, -0.2) is 0 Å². The van der Waals surface area contributed by atoms with Gasteiger partial charge in [0.05, 0.1) is 11.6 Å². The van der Waals surface area contributed by atoms with Gasteiger partial charge in [-0.3, -0.25) is 9.59 Å². The van der Waals surface area contributed by atoms with Crippen LogP contribution in [-0.4, -0.2) is 54.8 Å². The molecule has 2 atom stereocenters. The maximum atomic E-state index is 12.7. The molecule has 0 saturated carbocycles. The van der Waals surface area contributed by atoms with Gasteiger partial charge in [-0.15, -0.1) is 0 Å². The quantitative estimate of drug-likeness (QED) is 0.813. The van der Waals surface area contributed by atoms with Gasteiger partial charge in [0, 0.05) is 20.2 Å². The summed E-state index contributed by atoms with van der Waals surface area (Å²) in [5, 5.41) is 9.93. The van der Waals surface area contributed by atoms with Crippen LogP contribution in [0.15, 0.2) is 24.3 Å². The largest absolute Gasteiger partial charge is 0.481 e. The van der Waals surface area contributed by atoms with Crippen molar-refractivity contribution in [3.05, 3.63) is 29.3 Å². The highest BCUT2D eigenvalue weighted by Crippen LogP contribution is 2.32. The van der Waals surface area contributed by atoms with E-state index in [2.05, 4.69) is 0 Å². The minimum absolute atomic E-state index is 0.0777. The molecule has 24 heavy (non-hydrogen) atoms. The van der Waals surface area contributed by atoms with E-state index in [1.165, 1.54) is 12.0 Å². The number of carbonyl (C=O) groups excluding carboxylic acids is 1. The van der Waals surface area contributed by atoms with E-state index in [0.29, 0.717) is 30.2 Å². The Morgan fingerprint density at radius 2 is 2.12 bits per heavy atom. The predicted octanol–water partition coefficient (Wildman–Crippen LogP) is 2.45. The average Bonchev–Trinajstić information content (AvgIpc) is 2.99. The fraction of sp³-hybridized carbons (Fsp3) is 0.529. The Bertz CT molecular complexity index is 608. The van der Waals surface area contributed by atoms with Crippen molar-refractivity contribution in [1.82, 2.24) is 4.90 Å². The molecule has 1 saturated heterocycles. The van der Waals surface area contributed by atoms with Crippen molar-refractivity contribution >= 4 is 23.5 Å². The lowest BCUT2D eigenvalue weighted by atomic mass is 9.88. The number of methoxy groups -OCH3 is 1. The van der Waals surface area contributed by atoms with Crippen LogP contribution >= 0.6 is 11.6 Å². The van der Waals surface area contributed by atoms with Crippen LogP contribution in [0.3, 0.4) is 0 Å². The summed E-state index contributed by atoms with van der Waals surface area (Å²) in [6.45, 7) is 2.41. The molecule has 1 amide bonds. The van der Waals surface area contributed by atoms with Crippen molar-refractivity contribution in [3.63, 3.8) is 0 Å². The number of ether oxygens (including phenoxy) is 2. The minimum atomic E-state index is -1.05. The molecule has 1 aromatic rings. The van der Waals surface area contributed by atoms with Crippen molar-refractivity contribution in [2.75, 3.05) is 26.8 Å². The number of para-hydroxylation sites is 1. The Labute approximate surface area is 146 Å². The summed E-state index contributed by atoms with van der Waals surface area (Å²) < 4.78 is 10.8. The van der Waals surface area contributed by atoms with E-state index in [1.54, 1.807) is 24.3 Å². The maximum absolute atomic E-state index is 12.7. The van der Waals surface area contributed by atoms with E-state index >= 15 is 0 Å². The lowest BCUT2D eigenvalue weighted by Gasteiger charge is -2.26. The average molecular weight is 356 g/mol. The van der Waals surface area contributed by atoms with Crippen LogP contribution in [-0.2, 0) is 14.3 Å². The molecule has 0 spiro atoms. The molecule has 1 aliphatic heterocycles. The summed E-state index contributed by atoms with van der Waals surface area (Å²) in [7, 11) is 1.46. The van der Waals surface area contributed by atoms with Gasteiger partial charge >= 0.3 is 5.97 Å². The Kier molecular flexibility index (Phi) is 6.07. The van der Waals surface area contributed by atoms with Gasteiger partial charge in [-0.2, -0.15) is 0 Å². The number of halogens is 1. The molecule has 1 aliphatic rings. The zero-order valence-electron chi connectivity index (χ0n) is 13.8. The molecule has 1 fully saturated rings. The molecule has 1 N–H and O–H groups in total. The molecule has 1 aromatic carbocycles. The third-order valence-electron chi connectivity index (χ3n) is 4.29. The first-order chi connectivity index (χ1) is 11.4. The van der Waals surface area contributed by atoms with Crippen LogP contribution in [0.2, 0.25) is 5.02 Å². The highest BCUT2D eigenvalue weighted by molar-refractivity contribution is 6.32. The molecule has 0 radical (unpaired) electrons. The zero-order valence-corrected chi connectivity index (χ0v) is 14.6. The summed E-state index contributed by atoms with van der Waals surface area (Å²) in [4.78, 5) is 25.9. The predicted molar refractivity (Wildman–Crippen MR) is 89.3 cm³/mol. The van der Waals surface area contributed by atoms with E-state index in [9.17, 15) is 14.7 Å². The minimum Gasteiger partial charge on any atom is -0.481 e. The summed E-state index contributed by atoms with van der Waals surface area (Å²) in [6.07, 6.45) is 0.132. The Balaban J connectivity index is 2.09. The fourth-order valence-electron chi connectivity index (χ4n) is 2.90. The number of hydrogen-bond donors (Lipinski definition) is 1. The number of rotatable bonds is 7. The molecule has 132 valence electrons. The summed E-state index contributed by atoms with van der Waals surface area (Å²) in [5.74, 6) is -0.726. The van der Waals surface area contributed by atoms with E-state index < -0.39 is 17.5 Å². The molecule has 2 rings (SSSR count). The second-order valence-electron chi connectivity index (χ2n) is 5.97. The number of carboxylic acid groups (broad SMARTS) is 1. The van der Waals surface area contributed by atoms with Crippen molar-refractivity contribution in [2.45, 2.75) is 25.9 Å². The van der Waals surface area contributed by atoms with E-state index in [0.717, 1.165) is 0 Å². The van der Waals surface area contributed by atoms with Crippen molar-refractivity contribution in [2.24, 2.45) is 5.41 Å². The van der Waals surface area contributed by atoms with Crippen LogP contribution in [0.1, 0.15) is 19.8 Å². The monoisotopic (exact) mass is 355 g/mol. The van der Waals surface area contributed by atoms with Crippen LogP contribution in [0.25, 0.3) is 0 Å². The first-order valence-electron chi connectivity index (χ1n) is 7.86. The van der Waals surface area contributed by atoms with Gasteiger partial charge in [0.2, 0.25) is 0 Å². The zero-order chi connectivity index (χ0) is 17.7. The van der Waals surface area contributed by atoms with Crippen molar-refractivity contribution in [1.29, 1.82) is 0 Å². The molecule has 6 nitrogen and oxygen atoms in total. The lowest BCUT2D eigenvalue weighted by Crippen LogP contribution is -2.44. The number of carboxylic acids is 1. The van der Waals surface area contributed by atoms with E-state index in [1.807, 2.05) is 6.92 Å². The van der Waals surface area contributed by atoms with Gasteiger partial charge in [0.15, 0.2) is 6.10 Å². The van der Waals surface area contributed by atoms with Gasteiger partial charge < -0.3 is 19.5 Å². The highest BCUT2D eigenvalue weighted by Gasteiger charge is 2.47. The topological polar surface area (TPSA) is 76.1 Å². The highest BCUT2D eigenvalue weighted by atomic mass is 35.5. The van der Waals surface area contributed by atoms with Gasteiger partial charge in [-0.1, -0.05) is 30.7 Å². The fourth-order valence-corrected chi connectivity index (χ4v) is 3.08. The third-order valence-corrected chi connectivity index (χ3v) is 4.60. The number of hydrogen-bond acceptors (Lipinski definition) is 4. The molecule has 7 heteroatoms. The number of nitrogens with zero attached hydrogens (tertiary/aromatic N) is 1. The summed E-state index contributed by atoms with van der Waals surface area (Å²) in [5.41, 5.74) is -1.05. The first-order valence-corrected chi connectivity index (χ1v) is 8.23. The van der Waals surface area contributed by atoms with Gasteiger partial charge in [0.1, 0.15) is 11.2 Å². The Morgan fingerprint density at radius 1 is 1.42 bits per heavy atom. The summed E-state index contributed by atoms with van der Waals surface area (Å²) in [6, 6.07) is 6.96. The molecule has 0 aromatic heterocycles. The number of carbonyl (C=O) groups is 2. The van der Waals surface area contributed by atoms with Gasteiger partial charge in [-0.05, 0) is 25.0 Å². The molecule has 0 aliphatic carbocycles. The third kappa shape index (κ3) is 3.82. The SMILES string of the molecule is CCC(Oc1ccccc1Cl)C(=O)N1CCC(COC)(C(=O)O)C1. The van der Waals surface area contributed by atoms with Crippen LogP contribution < -0.4 is 4.74 Å². The standard InChI is InChI=1S/C17H22ClNO5/c1-3-13(24-14-7-5-4-6-12(14)18)15(20)19-9-8-17(10-19,11-23-2)16(21)22/h4-7,13H,3,8-11H2,1-2H3,(H,21,22). The number of benzene rings is 1. The van der Waals surface area contributed by atoms with Crippen LogP contribution in [0.4, 0.5) is 0 Å².